The van der Waals surface area contributed by atoms with E-state index in [-0.39, 0.29) is 18.5 Å². The fourth-order valence-corrected chi connectivity index (χ4v) is 4.35. The van der Waals surface area contributed by atoms with Crippen molar-refractivity contribution in [1.29, 1.82) is 0 Å². The van der Waals surface area contributed by atoms with Gasteiger partial charge in [0.1, 0.15) is 0 Å². The van der Waals surface area contributed by atoms with Gasteiger partial charge >= 0.3 is 0 Å². The minimum atomic E-state index is 0.0299. The lowest BCUT2D eigenvalue weighted by molar-refractivity contribution is -0.120. The average molecular weight is 351 g/mol. The molecule has 128 valence electrons. The number of rotatable bonds is 4. The third-order valence-corrected chi connectivity index (χ3v) is 5.59. The van der Waals surface area contributed by atoms with Crippen molar-refractivity contribution in [2.45, 2.75) is 32.2 Å². The summed E-state index contributed by atoms with van der Waals surface area (Å²) in [6.45, 7) is 2.29. The van der Waals surface area contributed by atoms with Crippen LogP contribution >= 0.6 is 11.3 Å². The van der Waals surface area contributed by atoms with E-state index in [2.05, 4.69) is 39.9 Å². The van der Waals surface area contributed by atoms with Crippen molar-refractivity contribution in [3.05, 3.63) is 58.6 Å². The van der Waals surface area contributed by atoms with Crippen LogP contribution in [-0.2, 0) is 11.2 Å². The van der Waals surface area contributed by atoms with Gasteiger partial charge in [-0.25, -0.2) is 4.98 Å². The summed E-state index contributed by atoms with van der Waals surface area (Å²) in [7, 11) is 0. The van der Waals surface area contributed by atoms with Gasteiger partial charge in [0.25, 0.3) is 0 Å². The second-order valence-electron chi connectivity index (χ2n) is 6.48. The quantitative estimate of drug-likeness (QED) is 0.740. The molecular formula is C20H21N3OS. The van der Waals surface area contributed by atoms with Gasteiger partial charge in [0.2, 0.25) is 5.91 Å². The molecule has 2 aromatic carbocycles. The topological polar surface area (TPSA) is 54.0 Å². The number of nitrogens with zero attached hydrogens (tertiary/aromatic N) is 1. The third kappa shape index (κ3) is 3.51. The Bertz CT molecular complexity index is 918. The summed E-state index contributed by atoms with van der Waals surface area (Å²) in [5.41, 5.74) is 4.59. The zero-order valence-electron chi connectivity index (χ0n) is 14.2. The van der Waals surface area contributed by atoms with Crippen LogP contribution < -0.4 is 10.6 Å². The molecule has 3 aromatic rings. The number of aromatic nitrogens is 1. The van der Waals surface area contributed by atoms with Gasteiger partial charge in [-0.1, -0.05) is 24.3 Å². The molecule has 1 amide bonds. The van der Waals surface area contributed by atoms with Crippen LogP contribution in [0.25, 0.3) is 10.2 Å². The van der Waals surface area contributed by atoms with Crippen LogP contribution in [-0.4, -0.2) is 17.4 Å². The first-order valence-electron chi connectivity index (χ1n) is 8.67. The molecule has 4 nitrogen and oxygen atoms in total. The van der Waals surface area contributed by atoms with Crippen molar-refractivity contribution in [1.82, 2.24) is 10.3 Å². The first-order valence-corrected chi connectivity index (χ1v) is 9.49. The van der Waals surface area contributed by atoms with Crippen LogP contribution in [0.2, 0.25) is 0 Å². The van der Waals surface area contributed by atoms with E-state index in [9.17, 15) is 4.79 Å². The highest BCUT2D eigenvalue weighted by Gasteiger charge is 2.21. The average Bonchev–Trinajstić information content (AvgIpc) is 2.99. The number of hydrogen-bond donors (Lipinski definition) is 2. The minimum absolute atomic E-state index is 0.0299. The van der Waals surface area contributed by atoms with Gasteiger partial charge in [0.15, 0.2) is 0 Å². The number of nitrogens with one attached hydrogen (secondary N) is 2. The Hall–Kier alpha value is -2.40. The van der Waals surface area contributed by atoms with Gasteiger partial charge in [-0.3, -0.25) is 4.79 Å². The summed E-state index contributed by atoms with van der Waals surface area (Å²) in [6, 6.07) is 14.6. The smallest absolute Gasteiger partial charge is 0.239 e. The van der Waals surface area contributed by atoms with Gasteiger partial charge in [-0.2, -0.15) is 0 Å². The molecule has 0 spiro atoms. The summed E-state index contributed by atoms with van der Waals surface area (Å²) in [5.74, 6) is 0.0299. The molecule has 1 atom stereocenters. The lowest BCUT2D eigenvalue weighted by atomic mass is 9.88. The molecule has 5 heteroatoms. The van der Waals surface area contributed by atoms with Crippen LogP contribution in [0.3, 0.4) is 0 Å². The molecule has 0 bridgehead atoms. The highest BCUT2D eigenvalue weighted by atomic mass is 32.1. The fraction of sp³-hybridized carbons (Fsp3) is 0.300. The summed E-state index contributed by atoms with van der Waals surface area (Å²) in [6.07, 6.45) is 3.24. The molecule has 1 unspecified atom stereocenters. The van der Waals surface area contributed by atoms with Gasteiger partial charge < -0.3 is 10.6 Å². The van der Waals surface area contributed by atoms with Crippen LogP contribution in [0, 0.1) is 6.92 Å². The van der Waals surface area contributed by atoms with E-state index < -0.39 is 0 Å². The van der Waals surface area contributed by atoms with Crippen molar-refractivity contribution in [2.24, 2.45) is 0 Å². The standard InChI is InChI=1S/C20H21N3OS/c1-13-22-18-10-9-15(11-19(18)25-13)21-12-20(24)23-17-8-4-6-14-5-2-3-7-16(14)17/h2-3,5,7,9-11,17,21H,4,6,8,12H2,1H3,(H,23,24). The van der Waals surface area contributed by atoms with Crippen LogP contribution in [0.4, 0.5) is 5.69 Å². The second-order valence-corrected chi connectivity index (χ2v) is 7.71. The molecule has 0 aliphatic heterocycles. The first kappa shape index (κ1) is 16.1. The van der Waals surface area contributed by atoms with E-state index in [0.717, 1.165) is 40.2 Å². The number of thiazole rings is 1. The lowest BCUT2D eigenvalue weighted by Gasteiger charge is -2.26. The number of hydrogen-bond acceptors (Lipinski definition) is 4. The predicted molar refractivity (Wildman–Crippen MR) is 103 cm³/mol. The second kappa shape index (κ2) is 6.84. The Morgan fingerprint density at radius 3 is 3.08 bits per heavy atom. The number of carbonyl (C=O) groups is 1. The maximum atomic E-state index is 12.4. The zero-order valence-corrected chi connectivity index (χ0v) is 15.0. The van der Waals surface area contributed by atoms with E-state index in [1.54, 1.807) is 11.3 Å². The van der Waals surface area contributed by atoms with Crippen molar-refractivity contribution in [3.8, 4) is 0 Å². The molecule has 1 heterocycles. The number of amides is 1. The Morgan fingerprint density at radius 2 is 2.16 bits per heavy atom. The van der Waals surface area contributed by atoms with Crippen molar-refractivity contribution < 1.29 is 4.79 Å². The molecule has 1 aliphatic carbocycles. The molecule has 1 aromatic heterocycles. The lowest BCUT2D eigenvalue weighted by Crippen LogP contribution is -2.35. The van der Waals surface area contributed by atoms with Crippen LogP contribution in [0.5, 0.6) is 0 Å². The highest BCUT2D eigenvalue weighted by molar-refractivity contribution is 7.18. The number of aryl methyl sites for hydroxylation is 2. The van der Waals surface area contributed by atoms with Crippen molar-refractivity contribution in [3.63, 3.8) is 0 Å². The molecule has 4 rings (SSSR count). The van der Waals surface area contributed by atoms with Gasteiger partial charge in [0.05, 0.1) is 27.8 Å². The van der Waals surface area contributed by atoms with Crippen molar-refractivity contribution in [2.75, 3.05) is 11.9 Å². The molecule has 0 saturated heterocycles. The Morgan fingerprint density at radius 1 is 1.28 bits per heavy atom. The monoisotopic (exact) mass is 351 g/mol. The van der Waals surface area contributed by atoms with E-state index in [1.807, 2.05) is 25.1 Å². The molecule has 2 N–H and O–H groups in total. The number of anilines is 1. The van der Waals surface area contributed by atoms with Crippen LogP contribution in [0.15, 0.2) is 42.5 Å². The first-order chi connectivity index (χ1) is 12.2. The van der Waals surface area contributed by atoms with Crippen molar-refractivity contribution >= 4 is 33.1 Å². The molecule has 25 heavy (non-hydrogen) atoms. The largest absolute Gasteiger partial charge is 0.376 e. The Balaban J connectivity index is 1.39. The van der Waals surface area contributed by atoms with E-state index >= 15 is 0 Å². The summed E-state index contributed by atoms with van der Waals surface area (Å²) >= 11 is 1.67. The van der Waals surface area contributed by atoms with E-state index in [4.69, 9.17) is 0 Å². The summed E-state index contributed by atoms with van der Waals surface area (Å²) in [5, 5.41) is 7.46. The minimum Gasteiger partial charge on any atom is -0.376 e. The Kier molecular flexibility index (Phi) is 4.40. The van der Waals surface area contributed by atoms with Gasteiger partial charge in [0, 0.05) is 5.69 Å². The van der Waals surface area contributed by atoms with E-state index in [0.29, 0.717) is 0 Å². The van der Waals surface area contributed by atoms with Gasteiger partial charge in [-0.05, 0) is 55.5 Å². The maximum Gasteiger partial charge on any atom is 0.239 e. The Labute approximate surface area is 151 Å². The third-order valence-electron chi connectivity index (χ3n) is 4.65. The molecule has 1 aliphatic rings. The SMILES string of the molecule is Cc1nc2ccc(NCC(=O)NC3CCCc4ccccc43)cc2s1. The fourth-order valence-electron chi connectivity index (χ4n) is 3.48. The normalized spacial score (nSPS) is 16.4. The molecule has 0 saturated carbocycles. The predicted octanol–water partition coefficient (Wildman–Crippen LogP) is 4.21. The highest BCUT2D eigenvalue weighted by Crippen LogP contribution is 2.29. The van der Waals surface area contributed by atoms with Crippen LogP contribution in [0.1, 0.15) is 35.0 Å². The molecular weight excluding hydrogens is 330 g/mol. The summed E-state index contributed by atoms with van der Waals surface area (Å²) < 4.78 is 1.14. The molecule has 0 radical (unpaired) electrons. The van der Waals surface area contributed by atoms with E-state index in [1.165, 1.54) is 11.1 Å². The zero-order chi connectivity index (χ0) is 17.2. The maximum absolute atomic E-state index is 12.4. The molecule has 0 fully saturated rings. The number of fused-ring (bicyclic) bond motifs is 2. The number of carbonyl (C=O) groups excluding carboxylic acids is 1. The summed E-state index contributed by atoms with van der Waals surface area (Å²) in [4.78, 5) is 16.8. The van der Waals surface area contributed by atoms with Gasteiger partial charge in [-0.15, -0.1) is 11.3 Å². The number of benzene rings is 2.